The van der Waals surface area contributed by atoms with E-state index < -0.39 is 0 Å². The van der Waals surface area contributed by atoms with Crippen LogP contribution in [0.5, 0.6) is 0 Å². The van der Waals surface area contributed by atoms with E-state index in [-0.39, 0.29) is 28.4 Å². The number of thiophene rings is 1. The van der Waals surface area contributed by atoms with Crippen molar-refractivity contribution in [3.05, 3.63) is 166 Å². The number of anilines is 6. The number of aryl methyl sites for hydroxylation is 1. The Morgan fingerprint density at radius 1 is 0.484 bits per heavy atom. The molecule has 0 saturated carbocycles. The smallest absolute Gasteiger partial charge is 0.252 e. The Balaban J connectivity index is 1.22. The van der Waals surface area contributed by atoms with Crippen LogP contribution in [0, 0.1) is 0 Å². The number of rotatable bonds is 3. The number of fused-ring (bicyclic) bond motifs is 7. The highest BCUT2D eigenvalue weighted by Gasteiger charge is 2.45. The van der Waals surface area contributed by atoms with Crippen LogP contribution in [0.1, 0.15) is 128 Å². The van der Waals surface area contributed by atoms with E-state index in [4.69, 9.17) is 0 Å². The van der Waals surface area contributed by atoms with Gasteiger partial charge in [-0.3, -0.25) is 0 Å². The maximum absolute atomic E-state index is 2.60. The van der Waals surface area contributed by atoms with Crippen molar-refractivity contribution in [3.8, 4) is 0 Å². The molecule has 2 aliphatic heterocycles. The molecule has 0 radical (unpaired) electrons. The third kappa shape index (κ3) is 6.67. The Hall–Kier alpha value is -5.32. The van der Waals surface area contributed by atoms with E-state index in [9.17, 15) is 0 Å². The Morgan fingerprint density at radius 3 is 1.65 bits per heavy atom. The second-order valence-electron chi connectivity index (χ2n) is 22.2. The molecule has 0 unspecified atom stereocenters. The van der Waals surface area contributed by atoms with Crippen LogP contribution >= 0.6 is 11.3 Å². The summed E-state index contributed by atoms with van der Waals surface area (Å²) in [6.45, 7) is 28.1. The first kappa shape index (κ1) is 40.7. The van der Waals surface area contributed by atoms with Gasteiger partial charge in [-0.1, -0.05) is 156 Å². The lowest BCUT2D eigenvalue weighted by atomic mass is 9.33. The number of hydrogen-bond donors (Lipinski definition) is 0. The minimum absolute atomic E-state index is 0.00542. The summed E-state index contributed by atoms with van der Waals surface area (Å²) in [6.07, 6.45) is 4.65. The Morgan fingerprint density at radius 2 is 1.02 bits per heavy atom. The highest BCUT2D eigenvalue weighted by atomic mass is 32.1. The highest BCUT2D eigenvalue weighted by molar-refractivity contribution is 7.20. The van der Waals surface area contributed by atoms with Crippen molar-refractivity contribution in [1.82, 2.24) is 0 Å². The molecule has 0 saturated heterocycles. The molecule has 10 rings (SSSR count). The first-order valence-electron chi connectivity index (χ1n) is 22.8. The fourth-order valence-corrected chi connectivity index (χ4v) is 11.4. The van der Waals surface area contributed by atoms with Crippen LogP contribution in [0.2, 0.25) is 0 Å². The number of hydrogen-bond acceptors (Lipinski definition) is 3. The van der Waals surface area contributed by atoms with Gasteiger partial charge in [-0.2, -0.15) is 0 Å². The summed E-state index contributed by atoms with van der Waals surface area (Å²) in [5, 5.41) is 1.42. The Bertz CT molecular complexity index is 2940. The van der Waals surface area contributed by atoms with E-state index in [0.717, 1.165) is 12.8 Å². The molecule has 7 aromatic rings. The summed E-state index contributed by atoms with van der Waals surface area (Å²) in [7, 11) is 0. The van der Waals surface area contributed by atoms with Gasteiger partial charge in [-0.05, 0) is 150 Å². The van der Waals surface area contributed by atoms with Gasteiger partial charge < -0.3 is 9.80 Å². The largest absolute Gasteiger partial charge is 0.311 e. The van der Waals surface area contributed by atoms with Gasteiger partial charge in [0.2, 0.25) is 0 Å². The van der Waals surface area contributed by atoms with Crippen LogP contribution in [0.15, 0.2) is 127 Å². The summed E-state index contributed by atoms with van der Waals surface area (Å²) >= 11 is 1.95. The fraction of sp³-hybridized carbons (Fsp3) is 0.310. The zero-order valence-corrected chi connectivity index (χ0v) is 39.7. The first-order valence-corrected chi connectivity index (χ1v) is 23.6. The molecule has 62 heavy (non-hydrogen) atoms. The number of allylic oxidation sites excluding steroid dienone is 1. The predicted octanol–water partition coefficient (Wildman–Crippen LogP) is 14.6. The minimum Gasteiger partial charge on any atom is -0.311 e. The molecule has 0 amide bonds. The lowest BCUT2D eigenvalue weighted by Crippen LogP contribution is -2.61. The van der Waals surface area contributed by atoms with Gasteiger partial charge in [0.1, 0.15) is 0 Å². The molecule has 0 atom stereocenters. The molecule has 0 bridgehead atoms. The normalized spacial score (nSPS) is 15.0. The van der Waals surface area contributed by atoms with Crippen LogP contribution < -0.4 is 26.2 Å². The molecule has 0 spiro atoms. The van der Waals surface area contributed by atoms with Crippen molar-refractivity contribution in [2.45, 2.75) is 118 Å². The van der Waals surface area contributed by atoms with Gasteiger partial charge >= 0.3 is 0 Å². The molecule has 0 N–H and O–H groups in total. The quantitative estimate of drug-likeness (QED) is 0.164. The predicted molar refractivity (Wildman–Crippen MR) is 272 cm³/mol. The van der Waals surface area contributed by atoms with Crippen molar-refractivity contribution in [2.75, 3.05) is 9.80 Å². The van der Waals surface area contributed by atoms with E-state index in [0.29, 0.717) is 0 Å². The molecular weight excluding hydrogens is 768 g/mol. The van der Waals surface area contributed by atoms with Crippen molar-refractivity contribution < 1.29 is 0 Å². The topological polar surface area (TPSA) is 6.48 Å². The maximum Gasteiger partial charge on any atom is 0.252 e. The molecule has 1 aromatic heterocycles. The van der Waals surface area contributed by atoms with E-state index in [1.165, 1.54) is 104 Å². The van der Waals surface area contributed by atoms with E-state index >= 15 is 0 Å². The van der Waals surface area contributed by atoms with Crippen LogP contribution in [0.25, 0.3) is 15.7 Å². The number of benzene rings is 6. The van der Waals surface area contributed by atoms with Crippen molar-refractivity contribution >= 4 is 84.2 Å². The standard InChI is InChI=1S/C58H61BN2S/c1-55(2,3)37-22-28-42(29-23-37)61-49-33-39(57(7,8)9)24-30-46(49)59-47-32-38(56(4,5)6)25-31-48(47)60(50-34-40(58(10,11)12)35-51(61)53(50)59)41-26-20-36(21-27-41)43-17-15-18-45-44-16-13-14-19-52(44)62-54(43)45/h13-14,16-17,19-35H,15,18H2,1-12H3. The SMILES string of the molecule is CC(C)(C)c1ccc(N2c3cc(C(C)(C)C)ccc3B3c4cc(C(C)(C)C)ccc4N(c4ccc(C5=CCCc6c5sc5ccccc65)cc4)c4cc(C(C)(C)C)cc2c43)cc1. The second-order valence-corrected chi connectivity index (χ2v) is 23.3. The van der Waals surface area contributed by atoms with Crippen LogP contribution in [-0.4, -0.2) is 6.71 Å². The number of nitrogens with zero attached hydrogens (tertiary/aromatic N) is 2. The van der Waals surface area contributed by atoms with Gasteiger partial charge in [0.25, 0.3) is 6.71 Å². The first-order chi connectivity index (χ1) is 29.3. The zero-order valence-electron chi connectivity index (χ0n) is 38.9. The minimum atomic E-state index is -0.0857. The van der Waals surface area contributed by atoms with E-state index in [2.05, 4.69) is 220 Å². The third-order valence-electron chi connectivity index (χ3n) is 13.8. The molecular formula is C58H61BN2S. The average Bonchev–Trinajstić information content (AvgIpc) is 3.61. The summed E-state index contributed by atoms with van der Waals surface area (Å²) in [4.78, 5) is 6.62. The fourth-order valence-electron chi connectivity index (χ4n) is 10.1. The second kappa shape index (κ2) is 14.1. The molecule has 1 aliphatic carbocycles. The van der Waals surface area contributed by atoms with Crippen molar-refractivity contribution in [2.24, 2.45) is 0 Å². The molecule has 6 aromatic carbocycles. The summed E-state index contributed by atoms with van der Waals surface area (Å²) in [5.74, 6) is 0. The lowest BCUT2D eigenvalue weighted by molar-refractivity contribution is 0.589. The molecule has 312 valence electrons. The summed E-state index contributed by atoms with van der Waals surface area (Å²) in [6, 6.07) is 47.6. The molecule has 0 fully saturated rings. The summed E-state index contributed by atoms with van der Waals surface area (Å²) in [5.41, 5.74) is 21.1. The zero-order chi connectivity index (χ0) is 43.7. The van der Waals surface area contributed by atoms with Crippen LogP contribution in [-0.2, 0) is 28.1 Å². The third-order valence-corrected chi connectivity index (χ3v) is 15.0. The lowest BCUT2D eigenvalue weighted by Gasteiger charge is -2.45. The van der Waals surface area contributed by atoms with Gasteiger partial charge in [-0.15, -0.1) is 11.3 Å². The van der Waals surface area contributed by atoms with E-state index in [1.807, 2.05) is 11.3 Å². The van der Waals surface area contributed by atoms with E-state index in [1.54, 1.807) is 0 Å². The van der Waals surface area contributed by atoms with Crippen LogP contribution in [0.3, 0.4) is 0 Å². The van der Waals surface area contributed by atoms with Gasteiger partial charge in [0, 0.05) is 43.7 Å². The Labute approximate surface area is 375 Å². The monoisotopic (exact) mass is 828 g/mol. The van der Waals surface area contributed by atoms with Crippen molar-refractivity contribution in [3.63, 3.8) is 0 Å². The van der Waals surface area contributed by atoms with Crippen LogP contribution in [0.4, 0.5) is 34.1 Å². The van der Waals surface area contributed by atoms with Crippen molar-refractivity contribution in [1.29, 1.82) is 0 Å². The van der Waals surface area contributed by atoms with Gasteiger partial charge in [0.15, 0.2) is 0 Å². The highest BCUT2D eigenvalue weighted by Crippen LogP contribution is 2.48. The Kier molecular flexibility index (Phi) is 9.26. The van der Waals surface area contributed by atoms with Gasteiger partial charge in [-0.25, -0.2) is 0 Å². The van der Waals surface area contributed by atoms with Gasteiger partial charge in [0.05, 0.1) is 0 Å². The molecule has 2 nitrogen and oxygen atoms in total. The molecule has 4 heteroatoms. The molecule has 3 heterocycles. The molecule has 3 aliphatic rings. The maximum atomic E-state index is 2.60. The summed E-state index contributed by atoms with van der Waals surface area (Å²) < 4.78 is 1.38. The average molecular weight is 829 g/mol.